The lowest BCUT2D eigenvalue weighted by Crippen LogP contribution is -2.06. The summed E-state index contributed by atoms with van der Waals surface area (Å²) in [4.78, 5) is 8.78. The Morgan fingerprint density at radius 1 is 1.25 bits per heavy atom. The second-order valence-corrected chi connectivity index (χ2v) is 6.41. The molecule has 4 nitrogen and oxygen atoms in total. The number of hydrogen-bond acceptors (Lipinski definition) is 3. The number of imidazole rings is 1. The average molecular weight is 339 g/mol. The number of halogens is 1. The van der Waals surface area contributed by atoms with Crippen molar-refractivity contribution in [1.29, 1.82) is 0 Å². The van der Waals surface area contributed by atoms with Gasteiger partial charge in [-0.25, -0.2) is 9.97 Å². The molecular formula is C15H23BrN4. The van der Waals surface area contributed by atoms with Crippen LogP contribution in [0, 0.1) is 5.92 Å². The van der Waals surface area contributed by atoms with E-state index in [1.54, 1.807) is 6.20 Å². The van der Waals surface area contributed by atoms with Crippen molar-refractivity contribution in [3.8, 4) is 0 Å². The van der Waals surface area contributed by atoms with E-state index in [0.29, 0.717) is 0 Å². The van der Waals surface area contributed by atoms with E-state index in [4.69, 9.17) is 0 Å². The van der Waals surface area contributed by atoms with Gasteiger partial charge in [0.15, 0.2) is 11.5 Å². The molecule has 0 unspecified atom stereocenters. The Hall–Kier alpha value is -1.10. The van der Waals surface area contributed by atoms with Gasteiger partial charge in [0.25, 0.3) is 0 Å². The van der Waals surface area contributed by atoms with Crippen molar-refractivity contribution in [1.82, 2.24) is 14.4 Å². The van der Waals surface area contributed by atoms with E-state index in [-0.39, 0.29) is 0 Å². The summed E-state index contributed by atoms with van der Waals surface area (Å²) in [6.45, 7) is 5.53. The maximum Gasteiger partial charge on any atom is 0.180 e. The molecule has 0 amide bonds. The van der Waals surface area contributed by atoms with Crippen molar-refractivity contribution >= 4 is 27.4 Å². The minimum absolute atomic E-state index is 0.822. The van der Waals surface area contributed by atoms with E-state index in [1.165, 1.54) is 32.1 Å². The topological polar surface area (TPSA) is 42.2 Å². The van der Waals surface area contributed by atoms with Gasteiger partial charge in [0.1, 0.15) is 4.60 Å². The number of aromatic nitrogens is 3. The van der Waals surface area contributed by atoms with Crippen LogP contribution < -0.4 is 5.32 Å². The Bertz CT molecular complexity index is 536. The molecule has 0 aliphatic carbocycles. The zero-order chi connectivity index (χ0) is 14.4. The second-order valence-electron chi connectivity index (χ2n) is 5.59. The van der Waals surface area contributed by atoms with Gasteiger partial charge < -0.3 is 9.72 Å². The minimum atomic E-state index is 0.822. The summed E-state index contributed by atoms with van der Waals surface area (Å²) in [7, 11) is 0. The van der Waals surface area contributed by atoms with E-state index in [0.717, 1.165) is 28.5 Å². The summed E-state index contributed by atoms with van der Waals surface area (Å²) >= 11 is 3.42. The molecular weight excluding hydrogens is 316 g/mol. The lowest BCUT2D eigenvalue weighted by Gasteiger charge is -2.08. The third kappa shape index (κ3) is 4.47. The number of nitrogens with zero attached hydrogens (tertiary/aromatic N) is 3. The van der Waals surface area contributed by atoms with Gasteiger partial charge in [-0.05, 0) is 28.3 Å². The third-order valence-corrected chi connectivity index (χ3v) is 3.73. The van der Waals surface area contributed by atoms with Crippen LogP contribution in [-0.2, 0) is 0 Å². The monoisotopic (exact) mass is 338 g/mol. The minimum Gasteiger partial charge on any atom is -0.367 e. The molecule has 0 saturated heterocycles. The first-order valence-electron chi connectivity index (χ1n) is 7.40. The highest BCUT2D eigenvalue weighted by Gasteiger charge is 2.05. The quantitative estimate of drug-likeness (QED) is 0.720. The molecule has 0 aromatic carbocycles. The molecule has 0 spiro atoms. The van der Waals surface area contributed by atoms with Gasteiger partial charge in [0.05, 0.1) is 0 Å². The van der Waals surface area contributed by atoms with Crippen LogP contribution in [0.4, 0.5) is 5.82 Å². The summed E-state index contributed by atoms with van der Waals surface area (Å²) < 4.78 is 2.80. The molecule has 20 heavy (non-hydrogen) atoms. The molecule has 110 valence electrons. The van der Waals surface area contributed by atoms with Gasteiger partial charge in [-0.1, -0.05) is 39.5 Å². The van der Waals surface area contributed by atoms with Gasteiger partial charge in [0, 0.05) is 25.1 Å². The molecule has 2 aromatic rings. The van der Waals surface area contributed by atoms with Crippen molar-refractivity contribution in [3.05, 3.63) is 23.2 Å². The van der Waals surface area contributed by atoms with Crippen LogP contribution in [-0.4, -0.2) is 20.9 Å². The van der Waals surface area contributed by atoms with Crippen LogP contribution in [0.1, 0.15) is 46.0 Å². The SMILES string of the molecule is CC(C)CCCCCCNc1nc(Br)cn2ccnc12. The average Bonchev–Trinajstić information content (AvgIpc) is 2.85. The fourth-order valence-corrected chi connectivity index (χ4v) is 2.66. The molecule has 2 rings (SSSR count). The number of nitrogens with one attached hydrogen (secondary N) is 1. The summed E-state index contributed by atoms with van der Waals surface area (Å²) in [5.41, 5.74) is 0.882. The first-order valence-corrected chi connectivity index (χ1v) is 8.19. The standard InChI is InChI=1S/C15H23BrN4/c1-12(2)7-5-3-4-6-8-17-14-15-18-9-10-20(15)11-13(16)19-14/h9-12H,3-8H2,1-2H3,(H,17,19). The fourth-order valence-electron chi connectivity index (χ4n) is 2.26. The van der Waals surface area contributed by atoms with Crippen LogP contribution in [0.2, 0.25) is 0 Å². The Balaban J connectivity index is 1.74. The summed E-state index contributed by atoms with van der Waals surface area (Å²) in [5.74, 6) is 1.68. The van der Waals surface area contributed by atoms with Crippen LogP contribution in [0.5, 0.6) is 0 Å². The largest absolute Gasteiger partial charge is 0.367 e. The second kappa shape index (κ2) is 7.62. The molecule has 0 fully saturated rings. The maximum atomic E-state index is 4.45. The zero-order valence-corrected chi connectivity index (χ0v) is 13.9. The highest BCUT2D eigenvalue weighted by molar-refractivity contribution is 9.10. The zero-order valence-electron chi connectivity index (χ0n) is 12.3. The van der Waals surface area contributed by atoms with Gasteiger partial charge in [-0.15, -0.1) is 0 Å². The highest BCUT2D eigenvalue weighted by atomic mass is 79.9. The summed E-state index contributed by atoms with van der Waals surface area (Å²) in [6, 6.07) is 0. The molecule has 0 aliphatic heterocycles. The van der Waals surface area contributed by atoms with Crippen molar-refractivity contribution in [3.63, 3.8) is 0 Å². The smallest absolute Gasteiger partial charge is 0.180 e. The van der Waals surface area contributed by atoms with Crippen LogP contribution in [0.25, 0.3) is 5.65 Å². The number of unbranched alkanes of at least 4 members (excludes halogenated alkanes) is 3. The van der Waals surface area contributed by atoms with Crippen molar-refractivity contribution in [2.45, 2.75) is 46.0 Å². The van der Waals surface area contributed by atoms with Crippen LogP contribution in [0.3, 0.4) is 0 Å². The molecule has 0 radical (unpaired) electrons. The first-order chi connectivity index (χ1) is 9.66. The summed E-state index contributed by atoms with van der Waals surface area (Å²) in [5, 5.41) is 3.39. The van der Waals surface area contributed by atoms with E-state index in [9.17, 15) is 0 Å². The lowest BCUT2D eigenvalue weighted by atomic mass is 10.0. The predicted molar refractivity (Wildman–Crippen MR) is 87.1 cm³/mol. The van der Waals surface area contributed by atoms with E-state index >= 15 is 0 Å². The van der Waals surface area contributed by atoms with Crippen molar-refractivity contribution < 1.29 is 0 Å². The summed E-state index contributed by atoms with van der Waals surface area (Å²) in [6.07, 6.45) is 12.1. The number of fused-ring (bicyclic) bond motifs is 1. The van der Waals surface area contributed by atoms with Gasteiger partial charge in [-0.2, -0.15) is 0 Å². The van der Waals surface area contributed by atoms with E-state index in [1.807, 2.05) is 16.8 Å². The Kier molecular flexibility index (Phi) is 5.83. The molecule has 0 bridgehead atoms. The fraction of sp³-hybridized carbons (Fsp3) is 0.600. The van der Waals surface area contributed by atoms with Crippen LogP contribution in [0.15, 0.2) is 23.2 Å². The Labute approximate surface area is 129 Å². The lowest BCUT2D eigenvalue weighted by molar-refractivity contribution is 0.523. The van der Waals surface area contributed by atoms with Gasteiger partial charge in [-0.3, -0.25) is 0 Å². The first kappa shape index (κ1) is 15.3. The number of rotatable bonds is 8. The molecule has 2 heterocycles. The molecule has 0 atom stereocenters. The molecule has 5 heteroatoms. The normalized spacial score (nSPS) is 11.4. The number of hydrogen-bond donors (Lipinski definition) is 1. The van der Waals surface area contributed by atoms with Crippen molar-refractivity contribution in [2.24, 2.45) is 5.92 Å². The third-order valence-electron chi connectivity index (χ3n) is 3.35. The molecule has 2 aromatic heterocycles. The van der Waals surface area contributed by atoms with E-state index < -0.39 is 0 Å². The van der Waals surface area contributed by atoms with Gasteiger partial charge >= 0.3 is 0 Å². The Morgan fingerprint density at radius 2 is 2.05 bits per heavy atom. The molecule has 1 N–H and O–H groups in total. The van der Waals surface area contributed by atoms with Crippen LogP contribution >= 0.6 is 15.9 Å². The highest BCUT2D eigenvalue weighted by Crippen LogP contribution is 2.17. The van der Waals surface area contributed by atoms with Crippen molar-refractivity contribution in [2.75, 3.05) is 11.9 Å². The maximum absolute atomic E-state index is 4.45. The van der Waals surface area contributed by atoms with E-state index in [2.05, 4.69) is 45.1 Å². The van der Waals surface area contributed by atoms with Gasteiger partial charge in [0.2, 0.25) is 0 Å². The molecule has 0 saturated carbocycles. The molecule has 0 aliphatic rings. The Morgan fingerprint density at radius 3 is 2.85 bits per heavy atom. The number of anilines is 1. The predicted octanol–water partition coefficient (Wildman–Crippen LogP) is 4.51.